The van der Waals surface area contributed by atoms with Gasteiger partial charge in [0.1, 0.15) is 5.76 Å². The number of aromatic nitrogens is 1. The van der Waals surface area contributed by atoms with E-state index in [1.54, 1.807) is 11.3 Å². The third kappa shape index (κ3) is 3.20. The molecule has 0 radical (unpaired) electrons. The van der Waals surface area contributed by atoms with Crippen molar-refractivity contribution in [3.63, 3.8) is 0 Å². The van der Waals surface area contributed by atoms with Crippen molar-refractivity contribution in [1.29, 1.82) is 0 Å². The summed E-state index contributed by atoms with van der Waals surface area (Å²) in [6.07, 6.45) is 0.555. The zero-order chi connectivity index (χ0) is 15.0. The fourth-order valence-corrected chi connectivity index (χ4v) is 3.74. The third-order valence-electron chi connectivity index (χ3n) is 3.82. The molecule has 2 aromatic heterocycles. The van der Waals surface area contributed by atoms with Gasteiger partial charge in [-0.2, -0.15) is 0 Å². The molecule has 0 saturated carbocycles. The maximum absolute atomic E-state index is 5.88. The van der Waals surface area contributed by atoms with Gasteiger partial charge in [0, 0.05) is 19.6 Å². The van der Waals surface area contributed by atoms with Crippen LogP contribution in [0.5, 0.6) is 0 Å². The van der Waals surface area contributed by atoms with Gasteiger partial charge in [-0.25, -0.2) is 4.98 Å². The molecule has 0 aliphatic carbocycles. The molecule has 0 N–H and O–H groups in total. The summed E-state index contributed by atoms with van der Waals surface area (Å²) in [5.41, 5.74) is 2.26. The van der Waals surface area contributed by atoms with Gasteiger partial charge in [-0.15, -0.1) is 11.3 Å². The third-order valence-corrected chi connectivity index (χ3v) is 4.82. The second-order valence-corrected chi connectivity index (χ2v) is 6.82. The molecule has 0 unspecified atom stereocenters. The molecule has 0 aromatic carbocycles. The normalized spacial score (nSPS) is 23.6. The van der Waals surface area contributed by atoms with Gasteiger partial charge in [-0.05, 0) is 44.7 Å². The molecule has 1 aliphatic rings. The first-order chi connectivity index (χ1) is 10.0. The molecule has 0 spiro atoms. The van der Waals surface area contributed by atoms with Crippen LogP contribution in [-0.2, 0) is 11.3 Å². The largest absolute Gasteiger partial charge is 0.440 e. The van der Waals surface area contributed by atoms with Gasteiger partial charge in [0.2, 0.25) is 5.89 Å². The van der Waals surface area contributed by atoms with Crippen molar-refractivity contribution in [2.75, 3.05) is 13.1 Å². The minimum atomic E-state index is 0.278. The van der Waals surface area contributed by atoms with Crippen LogP contribution < -0.4 is 0 Å². The Labute approximate surface area is 129 Å². The van der Waals surface area contributed by atoms with E-state index in [1.165, 1.54) is 5.56 Å². The molecule has 4 nitrogen and oxygen atoms in total. The van der Waals surface area contributed by atoms with E-state index in [1.807, 2.05) is 6.92 Å². The number of ether oxygens (including phenoxy) is 1. The average molecular weight is 306 g/mol. The number of rotatable bonds is 3. The average Bonchev–Trinajstić information content (AvgIpc) is 2.95. The van der Waals surface area contributed by atoms with Crippen molar-refractivity contribution < 1.29 is 9.15 Å². The number of morpholine rings is 1. The standard InChI is InChI=1S/C16H22N2O2S/c1-10-5-6-21-15(10)16-17-14(13(4)20-16)9-18-7-11(2)19-12(3)8-18/h5-6,11-12H,7-9H2,1-4H3/t11-,12+. The van der Waals surface area contributed by atoms with E-state index in [0.717, 1.165) is 41.9 Å². The molecule has 21 heavy (non-hydrogen) atoms. The summed E-state index contributed by atoms with van der Waals surface area (Å²) in [6, 6.07) is 2.10. The predicted octanol–water partition coefficient (Wildman–Crippen LogP) is 3.63. The highest BCUT2D eigenvalue weighted by Crippen LogP contribution is 2.30. The number of aryl methyl sites for hydroxylation is 2. The molecule has 1 fully saturated rings. The lowest BCUT2D eigenvalue weighted by Crippen LogP contribution is -2.44. The van der Waals surface area contributed by atoms with Crippen LogP contribution in [0.1, 0.15) is 30.9 Å². The smallest absolute Gasteiger partial charge is 0.237 e. The lowest BCUT2D eigenvalue weighted by Gasteiger charge is -2.34. The van der Waals surface area contributed by atoms with E-state index in [9.17, 15) is 0 Å². The van der Waals surface area contributed by atoms with Gasteiger partial charge in [-0.3, -0.25) is 4.90 Å². The van der Waals surface area contributed by atoms with Crippen LogP contribution in [-0.4, -0.2) is 35.2 Å². The molecule has 2 atom stereocenters. The summed E-state index contributed by atoms with van der Waals surface area (Å²) >= 11 is 1.68. The van der Waals surface area contributed by atoms with Crippen molar-refractivity contribution in [3.05, 3.63) is 28.5 Å². The van der Waals surface area contributed by atoms with Crippen molar-refractivity contribution in [3.8, 4) is 10.8 Å². The Morgan fingerprint density at radius 1 is 1.29 bits per heavy atom. The molecule has 5 heteroatoms. The topological polar surface area (TPSA) is 38.5 Å². The van der Waals surface area contributed by atoms with Gasteiger partial charge in [0.25, 0.3) is 0 Å². The maximum Gasteiger partial charge on any atom is 0.237 e. The highest BCUT2D eigenvalue weighted by Gasteiger charge is 2.24. The highest BCUT2D eigenvalue weighted by molar-refractivity contribution is 7.13. The van der Waals surface area contributed by atoms with Crippen LogP contribution in [0.4, 0.5) is 0 Å². The van der Waals surface area contributed by atoms with Crippen LogP contribution in [0.3, 0.4) is 0 Å². The quantitative estimate of drug-likeness (QED) is 0.868. The Morgan fingerprint density at radius 3 is 2.62 bits per heavy atom. The van der Waals surface area contributed by atoms with E-state index in [2.05, 4.69) is 37.1 Å². The van der Waals surface area contributed by atoms with Crippen LogP contribution in [0.2, 0.25) is 0 Å². The molecule has 3 heterocycles. The highest BCUT2D eigenvalue weighted by atomic mass is 32.1. The molecule has 1 aliphatic heterocycles. The van der Waals surface area contributed by atoms with Crippen molar-refractivity contribution >= 4 is 11.3 Å². The molecule has 0 amide bonds. The zero-order valence-electron chi connectivity index (χ0n) is 13.0. The number of hydrogen-bond donors (Lipinski definition) is 0. The first kappa shape index (κ1) is 14.8. The fourth-order valence-electron chi connectivity index (χ4n) is 2.89. The summed E-state index contributed by atoms with van der Waals surface area (Å²) in [5.74, 6) is 1.67. The zero-order valence-corrected chi connectivity index (χ0v) is 13.9. The van der Waals surface area contributed by atoms with Gasteiger partial charge >= 0.3 is 0 Å². The number of nitrogens with zero attached hydrogens (tertiary/aromatic N) is 2. The molecular formula is C16H22N2O2S. The van der Waals surface area contributed by atoms with Gasteiger partial charge in [-0.1, -0.05) is 0 Å². The second kappa shape index (κ2) is 5.91. The van der Waals surface area contributed by atoms with Crippen LogP contribution in [0.25, 0.3) is 10.8 Å². The Hall–Kier alpha value is -1.17. The van der Waals surface area contributed by atoms with Crippen LogP contribution in [0.15, 0.2) is 15.9 Å². The lowest BCUT2D eigenvalue weighted by molar-refractivity contribution is -0.0708. The van der Waals surface area contributed by atoms with E-state index in [4.69, 9.17) is 14.1 Å². The first-order valence-electron chi connectivity index (χ1n) is 7.41. The molecule has 0 bridgehead atoms. The van der Waals surface area contributed by atoms with Crippen molar-refractivity contribution in [2.45, 2.75) is 46.4 Å². The maximum atomic E-state index is 5.88. The minimum Gasteiger partial charge on any atom is -0.440 e. The summed E-state index contributed by atoms with van der Waals surface area (Å²) in [4.78, 5) is 8.25. The van der Waals surface area contributed by atoms with E-state index in [-0.39, 0.29) is 12.2 Å². The van der Waals surface area contributed by atoms with Gasteiger partial charge < -0.3 is 9.15 Å². The summed E-state index contributed by atoms with van der Waals surface area (Å²) in [5, 5.41) is 2.08. The Balaban J connectivity index is 1.77. The molecular weight excluding hydrogens is 284 g/mol. The van der Waals surface area contributed by atoms with E-state index < -0.39 is 0 Å². The molecule has 3 rings (SSSR count). The first-order valence-corrected chi connectivity index (χ1v) is 8.29. The fraction of sp³-hybridized carbons (Fsp3) is 0.562. The van der Waals surface area contributed by atoms with Crippen molar-refractivity contribution in [1.82, 2.24) is 9.88 Å². The Bertz CT molecular complexity index is 610. The number of hydrogen-bond acceptors (Lipinski definition) is 5. The monoisotopic (exact) mass is 306 g/mol. The second-order valence-electron chi connectivity index (χ2n) is 5.91. The summed E-state index contributed by atoms with van der Waals surface area (Å²) in [7, 11) is 0. The predicted molar refractivity (Wildman–Crippen MR) is 84.6 cm³/mol. The summed E-state index contributed by atoms with van der Waals surface area (Å²) in [6.45, 7) is 11.1. The van der Waals surface area contributed by atoms with Crippen molar-refractivity contribution in [2.24, 2.45) is 0 Å². The van der Waals surface area contributed by atoms with Crippen LogP contribution in [0, 0.1) is 13.8 Å². The van der Waals surface area contributed by atoms with E-state index in [0.29, 0.717) is 0 Å². The van der Waals surface area contributed by atoms with Gasteiger partial charge in [0.15, 0.2) is 0 Å². The minimum absolute atomic E-state index is 0.278. The molecule has 2 aromatic rings. The van der Waals surface area contributed by atoms with E-state index >= 15 is 0 Å². The number of thiophene rings is 1. The molecule has 1 saturated heterocycles. The lowest BCUT2D eigenvalue weighted by atomic mass is 10.2. The summed E-state index contributed by atoms with van der Waals surface area (Å²) < 4.78 is 11.7. The Kier molecular flexibility index (Phi) is 4.15. The van der Waals surface area contributed by atoms with Gasteiger partial charge in [0.05, 0.1) is 22.8 Å². The number of oxazole rings is 1. The van der Waals surface area contributed by atoms with Crippen LogP contribution >= 0.6 is 11.3 Å². The SMILES string of the molecule is Cc1ccsc1-c1nc(CN2C[C@@H](C)O[C@@H](C)C2)c(C)o1. The molecule has 114 valence electrons. The Morgan fingerprint density at radius 2 is 2.00 bits per heavy atom.